The van der Waals surface area contributed by atoms with Crippen LogP contribution in [0.3, 0.4) is 0 Å². The lowest BCUT2D eigenvalue weighted by Crippen LogP contribution is -2.14. The summed E-state index contributed by atoms with van der Waals surface area (Å²) in [5.41, 5.74) is 0.578. The topological polar surface area (TPSA) is 60.2 Å². The average Bonchev–Trinajstić information content (AvgIpc) is 2.35. The van der Waals surface area contributed by atoms with Crippen LogP contribution in [-0.2, 0) is 9.84 Å². The molecule has 1 rings (SSSR count). The van der Waals surface area contributed by atoms with Gasteiger partial charge in [-0.2, -0.15) is 0 Å². The summed E-state index contributed by atoms with van der Waals surface area (Å²) >= 11 is 0. The lowest BCUT2D eigenvalue weighted by Gasteiger charge is -2.00. The molecule has 0 aromatic carbocycles. The summed E-state index contributed by atoms with van der Waals surface area (Å²) in [6, 6.07) is 0. The third-order valence-corrected chi connectivity index (χ3v) is 3.38. The summed E-state index contributed by atoms with van der Waals surface area (Å²) < 4.78 is 27.6. The summed E-state index contributed by atoms with van der Waals surface area (Å²) in [6.07, 6.45) is 1.33. The van der Waals surface area contributed by atoms with Gasteiger partial charge in [0.1, 0.15) is 6.26 Å². The van der Waals surface area contributed by atoms with Gasteiger partial charge in [0.15, 0.2) is 0 Å². The maximum Gasteiger partial charge on any atom is 0.315 e. The summed E-state index contributed by atoms with van der Waals surface area (Å²) in [5.74, 6) is 0. The van der Waals surface area contributed by atoms with Crippen LogP contribution in [0.5, 0.6) is 0 Å². The van der Waals surface area contributed by atoms with Gasteiger partial charge in [0, 0.05) is 0 Å². The van der Waals surface area contributed by atoms with Gasteiger partial charge in [-0.05, 0) is 20.8 Å². The molecule has 0 bridgehead atoms. The van der Waals surface area contributed by atoms with Crippen molar-refractivity contribution in [2.45, 2.75) is 31.2 Å². The van der Waals surface area contributed by atoms with E-state index in [1.807, 2.05) is 0 Å². The fourth-order valence-electron chi connectivity index (χ4n) is 0.665. The summed E-state index contributed by atoms with van der Waals surface area (Å²) in [5, 5.41) is -0.675. The molecule has 0 unspecified atom stereocenters. The molecular weight excluding hydrogens is 178 g/mol. The molecule has 0 aliphatic carbocycles. The smallest absolute Gasteiger partial charge is 0.315 e. The lowest BCUT2D eigenvalue weighted by molar-refractivity contribution is 0.427. The molecule has 0 radical (unpaired) electrons. The molecule has 1 heterocycles. The number of rotatable bonds is 2. The maximum atomic E-state index is 11.4. The Bertz CT molecular complexity index is 364. The van der Waals surface area contributed by atoms with Crippen LogP contribution in [0.25, 0.3) is 0 Å². The first kappa shape index (κ1) is 9.25. The predicted molar refractivity (Wildman–Crippen MR) is 43.6 cm³/mol. The third-order valence-electron chi connectivity index (χ3n) is 1.46. The Morgan fingerprint density at radius 1 is 1.50 bits per heavy atom. The Kier molecular flexibility index (Phi) is 2.23. The zero-order chi connectivity index (χ0) is 9.35. The molecular formula is C7H11NO3S. The molecule has 0 saturated carbocycles. The second-order valence-electron chi connectivity index (χ2n) is 2.85. The largest absolute Gasteiger partial charge is 0.436 e. The van der Waals surface area contributed by atoms with Crippen molar-refractivity contribution in [1.29, 1.82) is 0 Å². The van der Waals surface area contributed by atoms with E-state index in [0.29, 0.717) is 5.69 Å². The van der Waals surface area contributed by atoms with Crippen molar-refractivity contribution in [1.82, 2.24) is 4.98 Å². The van der Waals surface area contributed by atoms with Gasteiger partial charge in [-0.1, -0.05) is 0 Å². The summed E-state index contributed by atoms with van der Waals surface area (Å²) in [7, 11) is -3.33. The average molecular weight is 189 g/mol. The lowest BCUT2D eigenvalue weighted by atomic mass is 10.6. The Hall–Kier alpha value is -0.840. The van der Waals surface area contributed by atoms with Crippen LogP contribution in [0.1, 0.15) is 19.5 Å². The van der Waals surface area contributed by atoms with Gasteiger partial charge in [-0.15, -0.1) is 0 Å². The number of oxazole rings is 1. The molecule has 0 amide bonds. The van der Waals surface area contributed by atoms with E-state index < -0.39 is 15.1 Å². The molecule has 68 valence electrons. The quantitative estimate of drug-likeness (QED) is 0.700. The summed E-state index contributed by atoms with van der Waals surface area (Å²) in [4.78, 5) is 3.75. The molecule has 0 fully saturated rings. The number of aromatic nitrogens is 1. The number of hydrogen-bond acceptors (Lipinski definition) is 4. The predicted octanol–water partition coefficient (Wildman–Crippen LogP) is 1.17. The van der Waals surface area contributed by atoms with Gasteiger partial charge in [0.2, 0.25) is 9.84 Å². The molecule has 0 atom stereocenters. The van der Waals surface area contributed by atoms with Crippen LogP contribution in [0.4, 0.5) is 0 Å². The third kappa shape index (κ3) is 1.50. The molecule has 0 aliphatic heterocycles. The van der Waals surface area contributed by atoms with E-state index in [1.54, 1.807) is 20.8 Å². The van der Waals surface area contributed by atoms with E-state index in [9.17, 15) is 8.42 Å². The first-order valence-corrected chi connectivity index (χ1v) is 5.15. The standard InChI is InChI=1S/C7H11NO3S/c1-5(2)12(9,10)7-8-6(3)4-11-7/h4-5H,1-3H3. The van der Waals surface area contributed by atoms with E-state index in [2.05, 4.69) is 4.98 Å². The van der Waals surface area contributed by atoms with E-state index >= 15 is 0 Å². The van der Waals surface area contributed by atoms with Gasteiger partial charge < -0.3 is 4.42 Å². The molecule has 12 heavy (non-hydrogen) atoms. The van der Waals surface area contributed by atoms with Gasteiger partial charge in [-0.3, -0.25) is 0 Å². The van der Waals surface area contributed by atoms with Gasteiger partial charge in [0.25, 0.3) is 0 Å². The summed E-state index contributed by atoms with van der Waals surface area (Å²) in [6.45, 7) is 4.87. The Labute approximate surface area is 71.5 Å². The zero-order valence-corrected chi connectivity index (χ0v) is 8.05. The monoisotopic (exact) mass is 189 g/mol. The van der Waals surface area contributed by atoms with Crippen molar-refractivity contribution in [2.75, 3.05) is 0 Å². The minimum absolute atomic E-state index is 0.185. The van der Waals surface area contributed by atoms with Crippen LogP contribution in [0.2, 0.25) is 0 Å². The number of aryl methyl sites for hydroxylation is 1. The first-order chi connectivity index (χ1) is 5.44. The maximum absolute atomic E-state index is 11.4. The minimum atomic E-state index is -3.33. The van der Waals surface area contributed by atoms with Crippen LogP contribution < -0.4 is 0 Å². The molecule has 0 aliphatic rings. The molecule has 5 heteroatoms. The van der Waals surface area contributed by atoms with E-state index in [4.69, 9.17) is 4.42 Å². The van der Waals surface area contributed by atoms with Crippen molar-refractivity contribution < 1.29 is 12.8 Å². The van der Waals surface area contributed by atoms with Crippen molar-refractivity contribution in [3.63, 3.8) is 0 Å². The highest BCUT2D eigenvalue weighted by Crippen LogP contribution is 2.14. The molecule has 0 spiro atoms. The SMILES string of the molecule is Cc1coc(S(=O)(=O)C(C)C)n1. The van der Waals surface area contributed by atoms with E-state index in [0.717, 1.165) is 0 Å². The van der Waals surface area contributed by atoms with Crippen LogP contribution in [0, 0.1) is 6.92 Å². The highest BCUT2D eigenvalue weighted by atomic mass is 32.2. The molecule has 4 nitrogen and oxygen atoms in total. The first-order valence-electron chi connectivity index (χ1n) is 3.60. The van der Waals surface area contributed by atoms with Gasteiger partial charge >= 0.3 is 5.22 Å². The zero-order valence-electron chi connectivity index (χ0n) is 7.23. The van der Waals surface area contributed by atoms with Crippen LogP contribution >= 0.6 is 0 Å². The number of sulfone groups is 1. The van der Waals surface area contributed by atoms with E-state index in [1.165, 1.54) is 6.26 Å². The van der Waals surface area contributed by atoms with Crippen molar-refractivity contribution in [3.8, 4) is 0 Å². The van der Waals surface area contributed by atoms with E-state index in [-0.39, 0.29) is 5.22 Å². The van der Waals surface area contributed by atoms with Crippen molar-refractivity contribution >= 4 is 9.84 Å². The Morgan fingerprint density at radius 3 is 2.42 bits per heavy atom. The molecule has 1 aromatic heterocycles. The molecule has 0 N–H and O–H groups in total. The van der Waals surface area contributed by atoms with Crippen LogP contribution in [0.15, 0.2) is 15.9 Å². The highest BCUT2D eigenvalue weighted by Gasteiger charge is 2.24. The fraction of sp³-hybridized carbons (Fsp3) is 0.571. The fourth-order valence-corrected chi connectivity index (χ4v) is 1.52. The minimum Gasteiger partial charge on any atom is -0.436 e. The van der Waals surface area contributed by atoms with Gasteiger partial charge in [-0.25, -0.2) is 13.4 Å². The van der Waals surface area contributed by atoms with Crippen molar-refractivity contribution in [2.24, 2.45) is 0 Å². The highest BCUT2D eigenvalue weighted by molar-refractivity contribution is 7.91. The Balaban J connectivity index is 3.15. The second-order valence-corrected chi connectivity index (χ2v) is 5.23. The van der Waals surface area contributed by atoms with Crippen LogP contribution in [-0.4, -0.2) is 18.7 Å². The number of nitrogens with zero attached hydrogens (tertiary/aromatic N) is 1. The Morgan fingerprint density at radius 2 is 2.08 bits per heavy atom. The van der Waals surface area contributed by atoms with Crippen molar-refractivity contribution in [3.05, 3.63) is 12.0 Å². The van der Waals surface area contributed by atoms with Gasteiger partial charge in [0.05, 0.1) is 10.9 Å². The normalized spacial score (nSPS) is 12.3. The second kappa shape index (κ2) is 2.90. The molecule has 0 saturated heterocycles. The number of hydrogen-bond donors (Lipinski definition) is 0. The molecule has 1 aromatic rings.